The number of hydrogen-bond donors (Lipinski definition) is 2. The number of likely N-dealkylation sites (tertiary alicyclic amines) is 1. The minimum absolute atomic E-state index is 0.0224. The molecule has 0 bridgehead atoms. The lowest BCUT2D eigenvalue weighted by Crippen LogP contribution is -2.51. The fraction of sp³-hybridized carbons (Fsp3) is 0.542. The number of aryl methyl sites for hydroxylation is 1. The molecule has 2 heterocycles. The van der Waals surface area contributed by atoms with Crippen LogP contribution in [0.1, 0.15) is 66.6 Å². The molecule has 0 radical (unpaired) electrons. The summed E-state index contributed by atoms with van der Waals surface area (Å²) in [6.45, 7) is 3.61. The Morgan fingerprint density at radius 3 is 2.34 bits per heavy atom. The van der Waals surface area contributed by atoms with Crippen molar-refractivity contribution in [3.8, 4) is 0 Å². The Morgan fingerprint density at radius 2 is 1.66 bits per heavy atom. The Morgan fingerprint density at radius 1 is 1.00 bits per heavy atom. The number of benzene rings is 1. The van der Waals surface area contributed by atoms with Gasteiger partial charge in [-0.05, 0) is 38.2 Å². The molecule has 0 atom stereocenters. The third kappa shape index (κ3) is 5.44. The second-order valence-electron chi connectivity index (χ2n) is 8.91. The number of carbonyl (C=O) groups is 2. The van der Waals surface area contributed by atoms with Crippen LogP contribution in [0.2, 0.25) is 5.15 Å². The Kier molecular flexibility index (Phi) is 7.35. The maximum Gasteiger partial charge on any atom is 0.317 e. The molecule has 3 amide bonds. The number of halogens is 1. The number of nitrogens with one attached hydrogen (secondary N) is 2. The van der Waals surface area contributed by atoms with E-state index in [1.54, 1.807) is 11.6 Å². The van der Waals surface area contributed by atoms with E-state index in [1.807, 2.05) is 35.2 Å². The SMILES string of the molecule is Cc1nn(Cc2ccccc2)c(Cl)c1C(=O)NC1CCN(C(=O)NC2CCCCC2)CC1. The third-order valence-electron chi connectivity index (χ3n) is 6.52. The first-order valence-electron chi connectivity index (χ1n) is 11.6. The van der Waals surface area contributed by atoms with Gasteiger partial charge in [-0.2, -0.15) is 5.10 Å². The zero-order chi connectivity index (χ0) is 22.5. The highest BCUT2D eigenvalue weighted by atomic mass is 35.5. The number of hydrogen-bond acceptors (Lipinski definition) is 3. The van der Waals surface area contributed by atoms with Gasteiger partial charge in [0, 0.05) is 25.2 Å². The topological polar surface area (TPSA) is 79.3 Å². The average Bonchev–Trinajstić information content (AvgIpc) is 3.08. The molecule has 2 aromatic rings. The van der Waals surface area contributed by atoms with E-state index in [1.165, 1.54) is 19.3 Å². The van der Waals surface area contributed by atoms with Gasteiger partial charge in [0.1, 0.15) is 5.15 Å². The van der Waals surface area contributed by atoms with Crippen molar-refractivity contribution in [1.29, 1.82) is 0 Å². The summed E-state index contributed by atoms with van der Waals surface area (Å²) >= 11 is 6.53. The van der Waals surface area contributed by atoms with Crippen molar-refractivity contribution >= 4 is 23.5 Å². The van der Waals surface area contributed by atoms with Gasteiger partial charge >= 0.3 is 6.03 Å². The number of aromatic nitrogens is 2. The normalized spacial score (nSPS) is 17.9. The second-order valence-corrected chi connectivity index (χ2v) is 9.27. The molecule has 1 aromatic heterocycles. The van der Waals surface area contributed by atoms with E-state index in [2.05, 4.69) is 15.7 Å². The highest BCUT2D eigenvalue weighted by Crippen LogP contribution is 2.22. The van der Waals surface area contributed by atoms with E-state index in [0.29, 0.717) is 42.1 Å². The van der Waals surface area contributed by atoms with Gasteiger partial charge in [0.05, 0.1) is 17.8 Å². The lowest BCUT2D eigenvalue weighted by atomic mass is 9.95. The summed E-state index contributed by atoms with van der Waals surface area (Å²) in [5, 5.41) is 11.1. The molecule has 0 unspecified atom stereocenters. The van der Waals surface area contributed by atoms with Crippen molar-refractivity contribution < 1.29 is 9.59 Å². The van der Waals surface area contributed by atoms with Gasteiger partial charge in [-0.3, -0.25) is 4.79 Å². The maximum atomic E-state index is 13.0. The zero-order valence-electron chi connectivity index (χ0n) is 18.6. The van der Waals surface area contributed by atoms with E-state index in [0.717, 1.165) is 31.2 Å². The number of piperidine rings is 1. The summed E-state index contributed by atoms with van der Waals surface area (Å²) in [5.74, 6) is -0.197. The molecule has 1 saturated carbocycles. The van der Waals surface area contributed by atoms with Crippen LogP contribution in [0.25, 0.3) is 0 Å². The Balaban J connectivity index is 1.30. The van der Waals surface area contributed by atoms with Crippen LogP contribution in [0.5, 0.6) is 0 Å². The lowest BCUT2D eigenvalue weighted by molar-refractivity contribution is 0.0917. The zero-order valence-corrected chi connectivity index (χ0v) is 19.4. The first kappa shape index (κ1) is 22.6. The maximum absolute atomic E-state index is 13.0. The highest BCUT2D eigenvalue weighted by molar-refractivity contribution is 6.33. The molecule has 32 heavy (non-hydrogen) atoms. The molecule has 8 heteroatoms. The van der Waals surface area contributed by atoms with E-state index in [9.17, 15) is 9.59 Å². The predicted molar refractivity (Wildman–Crippen MR) is 125 cm³/mol. The highest BCUT2D eigenvalue weighted by Gasteiger charge is 2.28. The summed E-state index contributed by atoms with van der Waals surface area (Å²) < 4.78 is 1.67. The van der Waals surface area contributed by atoms with E-state index in [4.69, 9.17) is 11.6 Å². The van der Waals surface area contributed by atoms with E-state index in [-0.39, 0.29) is 18.0 Å². The van der Waals surface area contributed by atoms with Crippen molar-refractivity contribution in [3.05, 3.63) is 52.3 Å². The summed E-state index contributed by atoms with van der Waals surface area (Å²) in [7, 11) is 0. The minimum Gasteiger partial charge on any atom is -0.349 e. The molecule has 1 aliphatic carbocycles. The van der Waals surface area contributed by atoms with Gasteiger partial charge < -0.3 is 15.5 Å². The summed E-state index contributed by atoms with van der Waals surface area (Å²) in [6, 6.07) is 10.3. The number of carbonyl (C=O) groups excluding carboxylic acids is 2. The van der Waals surface area contributed by atoms with Gasteiger partial charge in [-0.15, -0.1) is 0 Å². The first-order valence-corrected chi connectivity index (χ1v) is 12.0. The second kappa shape index (κ2) is 10.4. The van der Waals surface area contributed by atoms with Gasteiger partial charge in [0.25, 0.3) is 5.91 Å². The van der Waals surface area contributed by atoms with Crippen molar-refractivity contribution in [2.24, 2.45) is 0 Å². The number of rotatable bonds is 5. The summed E-state index contributed by atoms with van der Waals surface area (Å²) in [4.78, 5) is 27.4. The Hall–Kier alpha value is -2.54. The van der Waals surface area contributed by atoms with Gasteiger partial charge in [-0.1, -0.05) is 61.2 Å². The average molecular weight is 458 g/mol. The fourth-order valence-electron chi connectivity index (χ4n) is 4.67. The van der Waals surface area contributed by atoms with Crippen LogP contribution in [0.4, 0.5) is 4.79 Å². The molecule has 2 fully saturated rings. The van der Waals surface area contributed by atoms with Gasteiger partial charge in [0.2, 0.25) is 0 Å². The van der Waals surface area contributed by atoms with Gasteiger partial charge in [0.15, 0.2) is 0 Å². The molecule has 1 aromatic carbocycles. The Labute approximate surface area is 194 Å². The van der Waals surface area contributed by atoms with Crippen LogP contribution in [-0.2, 0) is 6.54 Å². The van der Waals surface area contributed by atoms with Crippen molar-refractivity contribution in [2.75, 3.05) is 13.1 Å². The standard InChI is InChI=1S/C24H32ClN5O2/c1-17-21(22(25)30(28-17)16-18-8-4-2-5-9-18)23(31)26-20-12-14-29(15-13-20)24(32)27-19-10-6-3-7-11-19/h2,4-5,8-9,19-20H,3,6-7,10-16H2,1H3,(H,26,31)(H,27,32). The molecular formula is C24H32ClN5O2. The van der Waals surface area contributed by atoms with Crippen LogP contribution in [0.15, 0.2) is 30.3 Å². The molecule has 0 spiro atoms. The molecule has 2 aliphatic rings. The molecule has 1 aliphatic heterocycles. The molecular weight excluding hydrogens is 426 g/mol. The minimum atomic E-state index is -0.197. The number of nitrogens with zero attached hydrogens (tertiary/aromatic N) is 3. The summed E-state index contributed by atoms with van der Waals surface area (Å²) in [5.41, 5.74) is 2.12. The van der Waals surface area contributed by atoms with E-state index < -0.39 is 0 Å². The number of amides is 3. The monoisotopic (exact) mass is 457 g/mol. The molecule has 4 rings (SSSR count). The van der Waals surface area contributed by atoms with Crippen LogP contribution >= 0.6 is 11.6 Å². The molecule has 1 saturated heterocycles. The van der Waals surface area contributed by atoms with Crippen molar-refractivity contribution in [1.82, 2.24) is 25.3 Å². The molecule has 7 nitrogen and oxygen atoms in total. The van der Waals surface area contributed by atoms with E-state index >= 15 is 0 Å². The molecule has 2 N–H and O–H groups in total. The molecule has 172 valence electrons. The Bertz CT molecular complexity index is 931. The number of urea groups is 1. The van der Waals surface area contributed by atoms with Crippen LogP contribution in [0, 0.1) is 6.92 Å². The van der Waals surface area contributed by atoms with Crippen molar-refractivity contribution in [2.45, 2.75) is 70.5 Å². The van der Waals surface area contributed by atoms with Crippen molar-refractivity contribution in [3.63, 3.8) is 0 Å². The largest absolute Gasteiger partial charge is 0.349 e. The fourth-order valence-corrected chi connectivity index (χ4v) is 4.99. The van der Waals surface area contributed by atoms with Crippen LogP contribution < -0.4 is 10.6 Å². The quantitative estimate of drug-likeness (QED) is 0.708. The first-order chi connectivity index (χ1) is 15.5. The van der Waals surface area contributed by atoms with Gasteiger partial charge in [-0.25, -0.2) is 9.48 Å². The van der Waals surface area contributed by atoms with Crippen LogP contribution in [-0.4, -0.2) is 51.8 Å². The predicted octanol–water partition coefficient (Wildman–Crippen LogP) is 4.13. The van der Waals surface area contributed by atoms with Crippen LogP contribution in [0.3, 0.4) is 0 Å². The smallest absolute Gasteiger partial charge is 0.317 e. The summed E-state index contributed by atoms with van der Waals surface area (Å²) in [6.07, 6.45) is 7.29. The lowest BCUT2D eigenvalue weighted by Gasteiger charge is -2.34. The third-order valence-corrected chi connectivity index (χ3v) is 6.90.